The molecule has 2 heterocycles. The SMILES string of the molecule is COc1ccc(Cn2cc(C(=O)N3CCC(N)CC3)cn2)cc1.Cl. The molecule has 0 aliphatic carbocycles. The van der Waals surface area contributed by atoms with Crippen molar-refractivity contribution in [2.24, 2.45) is 5.73 Å². The van der Waals surface area contributed by atoms with Crippen LogP contribution in [0.5, 0.6) is 5.75 Å². The van der Waals surface area contributed by atoms with Gasteiger partial charge in [0.25, 0.3) is 5.91 Å². The first-order chi connectivity index (χ1) is 11.2. The molecule has 2 aromatic rings. The van der Waals surface area contributed by atoms with Crippen LogP contribution in [0.1, 0.15) is 28.8 Å². The van der Waals surface area contributed by atoms with Gasteiger partial charge in [-0.05, 0) is 30.5 Å². The normalized spacial score (nSPS) is 15.0. The van der Waals surface area contributed by atoms with Crippen molar-refractivity contribution in [3.8, 4) is 5.75 Å². The molecule has 0 unspecified atom stereocenters. The maximum atomic E-state index is 12.5. The van der Waals surface area contributed by atoms with Crippen LogP contribution in [0.4, 0.5) is 0 Å². The third kappa shape index (κ3) is 4.27. The second-order valence-electron chi connectivity index (χ2n) is 5.90. The van der Waals surface area contributed by atoms with Crippen LogP contribution in [-0.4, -0.2) is 46.8 Å². The van der Waals surface area contributed by atoms with Gasteiger partial charge >= 0.3 is 0 Å². The summed E-state index contributed by atoms with van der Waals surface area (Å²) >= 11 is 0. The molecule has 1 aromatic heterocycles. The number of ether oxygens (including phenoxy) is 1. The lowest BCUT2D eigenvalue weighted by Gasteiger charge is -2.29. The molecule has 24 heavy (non-hydrogen) atoms. The summed E-state index contributed by atoms with van der Waals surface area (Å²) in [4.78, 5) is 14.3. The number of aromatic nitrogens is 2. The van der Waals surface area contributed by atoms with Crippen molar-refractivity contribution in [2.45, 2.75) is 25.4 Å². The Bertz CT molecular complexity index is 663. The first-order valence-corrected chi connectivity index (χ1v) is 7.86. The summed E-state index contributed by atoms with van der Waals surface area (Å²) in [5.41, 5.74) is 7.62. The summed E-state index contributed by atoms with van der Waals surface area (Å²) in [7, 11) is 1.65. The van der Waals surface area contributed by atoms with Gasteiger partial charge in [0, 0.05) is 25.3 Å². The summed E-state index contributed by atoms with van der Waals surface area (Å²) in [6.07, 6.45) is 5.18. The van der Waals surface area contributed by atoms with E-state index < -0.39 is 0 Å². The molecular weight excluding hydrogens is 328 g/mol. The Labute approximate surface area is 148 Å². The molecule has 0 bridgehead atoms. The van der Waals surface area contributed by atoms with E-state index >= 15 is 0 Å². The standard InChI is InChI=1S/C17H22N4O2.ClH/c1-23-16-4-2-13(3-5-16)11-21-12-14(10-19-21)17(22)20-8-6-15(18)7-9-20;/h2-5,10,12,15H,6-9,11,18H2,1H3;1H. The number of rotatable bonds is 4. The van der Waals surface area contributed by atoms with Crippen LogP contribution in [0.25, 0.3) is 0 Å². The van der Waals surface area contributed by atoms with Crippen molar-refractivity contribution in [1.82, 2.24) is 14.7 Å². The van der Waals surface area contributed by atoms with E-state index in [1.54, 1.807) is 24.2 Å². The molecule has 1 aliphatic rings. The predicted molar refractivity (Wildman–Crippen MR) is 94.7 cm³/mol. The third-order valence-electron chi connectivity index (χ3n) is 4.21. The van der Waals surface area contributed by atoms with E-state index in [2.05, 4.69) is 5.10 Å². The molecule has 1 amide bonds. The quantitative estimate of drug-likeness (QED) is 0.914. The molecule has 6 nitrogen and oxygen atoms in total. The van der Waals surface area contributed by atoms with Gasteiger partial charge in [0.05, 0.1) is 25.4 Å². The smallest absolute Gasteiger partial charge is 0.257 e. The van der Waals surface area contributed by atoms with Crippen molar-refractivity contribution in [3.05, 3.63) is 47.8 Å². The lowest BCUT2D eigenvalue weighted by atomic mass is 10.1. The maximum absolute atomic E-state index is 12.5. The van der Waals surface area contributed by atoms with Crippen LogP contribution in [-0.2, 0) is 6.54 Å². The highest BCUT2D eigenvalue weighted by Gasteiger charge is 2.22. The molecule has 3 rings (SSSR count). The van der Waals surface area contributed by atoms with Gasteiger partial charge in [0.2, 0.25) is 0 Å². The Hall–Kier alpha value is -2.05. The van der Waals surface area contributed by atoms with Crippen LogP contribution < -0.4 is 10.5 Å². The zero-order valence-electron chi connectivity index (χ0n) is 13.7. The van der Waals surface area contributed by atoms with Crippen molar-refractivity contribution >= 4 is 18.3 Å². The summed E-state index contributed by atoms with van der Waals surface area (Å²) < 4.78 is 6.93. The highest BCUT2D eigenvalue weighted by Crippen LogP contribution is 2.14. The number of hydrogen-bond acceptors (Lipinski definition) is 4. The molecule has 1 aliphatic heterocycles. The minimum Gasteiger partial charge on any atom is -0.497 e. The lowest BCUT2D eigenvalue weighted by Crippen LogP contribution is -2.42. The topological polar surface area (TPSA) is 73.4 Å². The maximum Gasteiger partial charge on any atom is 0.257 e. The Morgan fingerprint density at radius 1 is 1.29 bits per heavy atom. The molecule has 0 spiro atoms. The van der Waals surface area contributed by atoms with Gasteiger partial charge in [-0.3, -0.25) is 9.48 Å². The number of nitrogens with two attached hydrogens (primary N) is 1. The Balaban J connectivity index is 0.00000208. The van der Waals surface area contributed by atoms with Crippen LogP contribution in [0.15, 0.2) is 36.7 Å². The number of carbonyl (C=O) groups excluding carboxylic acids is 1. The minimum absolute atomic E-state index is 0. The summed E-state index contributed by atoms with van der Waals surface area (Å²) in [5, 5.41) is 4.30. The van der Waals surface area contributed by atoms with Crippen molar-refractivity contribution in [1.29, 1.82) is 0 Å². The van der Waals surface area contributed by atoms with Crippen LogP contribution in [0.3, 0.4) is 0 Å². The summed E-state index contributed by atoms with van der Waals surface area (Å²) in [5.74, 6) is 0.867. The zero-order valence-corrected chi connectivity index (χ0v) is 14.5. The van der Waals surface area contributed by atoms with Crippen molar-refractivity contribution < 1.29 is 9.53 Å². The molecule has 2 N–H and O–H groups in total. The average Bonchev–Trinajstić information content (AvgIpc) is 3.04. The first-order valence-electron chi connectivity index (χ1n) is 7.86. The third-order valence-corrected chi connectivity index (χ3v) is 4.21. The van der Waals surface area contributed by atoms with E-state index in [1.807, 2.05) is 29.2 Å². The zero-order chi connectivity index (χ0) is 16.2. The molecule has 130 valence electrons. The number of hydrogen-bond donors (Lipinski definition) is 1. The van der Waals surface area contributed by atoms with Gasteiger partial charge in [-0.2, -0.15) is 5.10 Å². The van der Waals surface area contributed by atoms with Gasteiger partial charge in [-0.25, -0.2) is 0 Å². The van der Waals surface area contributed by atoms with E-state index in [0.717, 1.165) is 37.2 Å². The Morgan fingerprint density at radius 3 is 2.58 bits per heavy atom. The lowest BCUT2D eigenvalue weighted by molar-refractivity contribution is 0.0714. The molecule has 0 radical (unpaired) electrons. The summed E-state index contributed by atoms with van der Waals surface area (Å²) in [6, 6.07) is 8.04. The number of benzene rings is 1. The minimum atomic E-state index is 0. The molecule has 7 heteroatoms. The number of nitrogens with zero attached hydrogens (tertiary/aromatic N) is 3. The highest BCUT2D eigenvalue weighted by atomic mass is 35.5. The number of halogens is 1. The number of methoxy groups -OCH3 is 1. The van der Waals surface area contributed by atoms with Gasteiger partial charge < -0.3 is 15.4 Å². The molecule has 1 saturated heterocycles. The van der Waals surface area contributed by atoms with Gasteiger partial charge in [-0.15, -0.1) is 12.4 Å². The number of piperidine rings is 1. The molecule has 0 saturated carbocycles. The summed E-state index contributed by atoms with van der Waals surface area (Å²) in [6.45, 7) is 2.08. The molecule has 1 fully saturated rings. The van der Waals surface area contributed by atoms with E-state index in [0.29, 0.717) is 12.1 Å². The van der Waals surface area contributed by atoms with E-state index in [4.69, 9.17) is 10.5 Å². The Kier molecular flexibility index (Phi) is 6.23. The van der Waals surface area contributed by atoms with Gasteiger partial charge in [0.1, 0.15) is 5.75 Å². The predicted octanol–water partition coefficient (Wildman–Crippen LogP) is 1.93. The molecule has 0 atom stereocenters. The van der Waals surface area contributed by atoms with Crippen LogP contribution >= 0.6 is 12.4 Å². The largest absolute Gasteiger partial charge is 0.497 e. The van der Waals surface area contributed by atoms with E-state index in [1.165, 1.54) is 0 Å². The number of amides is 1. The fraction of sp³-hybridized carbons (Fsp3) is 0.412. The fourth-order valence-electron chi connectivity index (χ4n) is 2.76. The van der Waals surface area contributed by atoms with Crippen molar-refractivity contribution in [2.75, 3.05) is 20.2 Å². The second kappa shape index (κ2) is 8.17. The average molecular weight is 351 g/mol. The number of carbonyl (C=O) groups is 1. The van der Waals surface area contributed by atoms with Crippen LogP contribution in [0, 0.1) is 0 Å². The fourth-order valence-corrected chi connectivity index (χ4v) is 2.76. The van der Waals surface area contributed by atoms with E-state index in [9.17, 15) is 4.79 Å². The van der Waals surface area contributed by atoms with Crippen molar-refractivity contribution in [3.63, 3.8) is 0 Å². The molecule has 1 aromatic carbocycles. The monoisotopic (exact) mass is 350 g/mol. The van der Waals surface area contributed by atoms with Crippen LogP contribution in [0.2, 0.25) is 0 Å². The molecular formula is C17H23ClN4O2. The Morgan fingerprint density at radius 2 is 1.96 bits per heavy atom. The van der Waals surface area contributed by atoms with E-state index in [-0.39, 0.29) is 24.4 Å². The first kappa shape index (κ1) is 18.3. The van der Waals surface area contributed by atoms with Gasteiger partial charge in [0.15, 0.2) is 0 Å². The van der Waals surface area contributed by atoms with Gasteiger partial charge in [-0.1, -0.05) is 12.1 Å². The number of likely N-dealkylation sites (tertiary alicyclic amines) is 1. The highest BCUT2D eigenvalue weighted by molar-refractivity contribution is 5.93. The second-order valence-corrected chi connectivity index (χ2v) is 5.90.